The summed E-state index contributed by atoms with van der Waals surface area (Å²) >= 11 is 1.42. The van der Waals surface area contributed by atoms with Crippen molar-refractivity contribution >= 4 is 28.6 Å². The fraction of sp³-hybridized carbons (Fsp3) is 0.167. The van der Waals surface area contributed by atoms with Gasteiger partial charge in [-0.15, -0.1) is 11.3 Å². The number of nitro benzene ring substituents is 1. The topological polar surface area (TPSA) is 85.1 Å². The molecule has 0 saturated heterocycles. The molecule has 6 nitrogen and oxygen atoms in total. The molecular weight excluding hydrogens is 266 g/mol. The van der Waals surface area contributed by atoms with Crippen LogP contribution in [0.5, 0.6) is 0 Å². The molecule has 0 aliphatic rings. The standard InChI is InChI=1S/C12H11N3O3S/c1-8-2-3-9(4-11(8)15(17)18)14-12(16)5-10-6-19-7-13-10/h2-4,6-7H,5H2,1H3,(H,14,16). The van der Waals surface area contributed by atoms with Crippen molar-refractivity contribution in [1.29, 1.82) is 0 Å². The first-order chi connectivity index (χ1) is 9.06. The zero-order valence-corrected chi connectivity index (χ0v) is 10.9. The molecule has 98 valence electrons. The summed E-state index contributed by atoms with van der Waals surface area (Å²) in [5.74, 6) is -0.246. The number of thiazole rings is 1. The van der Waals surface area contributed by atoms with Gasteiger partial charge in [0, 0.05) is 22.7 Å². The second-order valence-corrected chi connectivity index (χ2v) is 4.68. The molecule has 0 bridgehead atoms. The Bertz CT molecular complexity index is 611. The van der Waals surface area contributed by atoms with Gasteiger partial charge in [-0.25, -0.2) is 4.98 Å². The van der Waals surface area contributed by atoms with E-state index in [9.17, 15) is 14.9 Å². The Morgan fingerprint density at radius 3 is 2.95 bits per heavy atom. The van der Waals surface area contributed by atoms with Gasteiger partial charge in [-0.2, -0.15) is 0 Å². The van der Waals surface area contributed by atoms with E-state index in [2.05, 4.69) is 10.3 Å². The maximum absolute atomic E-state index is 11.7. The number of nitrogens with one attached hydrogen (secondary N) is 1. The van der Waals surface area contributed by atoms with Crippen LogP contribution in [0.3, 0.4) is 0 Å². The number of benzene rings is 1. The third-order valence-electron chi connectivity index (χ3n) is 2.51. The van der Waals surface area contributed by atoms with E-state index in [1.54, 1.807) is 29.9 Å². The molecule has 0 atom stereocenters. The number of amides is 1. The van der Waals surface area contributed by atoms with Crippen LogP contribution in [0.25, 0.3) is 0 Å². The van der Waals surface area contributed by atoms with Crippen LogP contribution < -0.4 is 5.32 Å². The van der Waals surface area contributed by atoms with Crippen molar-refractivity contribution in [3.05, 3.63) is 50.5 Å². The molecule has 2 aromatic rings. The summed E-state index contributed by atoms with van der Waals surface area (Å²) in [6.45, 7) is 1.65. The number of aromatic nitrogens is 1. The largest absolute Gasteiger partial charge is 0.325 e. The van der Waals surface area contributed by atoms with Gasteiger partial charge in [-0.05, 0) is 13.0 Å². The summed E-state index contributed by atoms with van der Waals surface area (Å²) in [7, 11) is 0. The van der Waals surface area contributed by atoms with E-state index in [1.165, 1.54) is 17.4 Å². The van der Waals surface area contributed by atoms with Gasteiger partial charge in [0.1, 0.15) is 0 Å². The summed E-state index contributed by atoms with van der Waals surface area (Å²) in [6, 6.07) is 4.60. The SMILES string of the molecule is Cc1ccc(NC(=O)Cc2cscn2)cc1[N+](=O)[O-]. The van der Waals surface area contributed by atoms with E-state index < -0.39 is 4.92 Å². The number of hydrogen-bond donors (Lipinski definition) is 1. The van der Waals surface area contributed by atoms with Crippen LogP contribution in [-0.2, 0) is 11.2 Å². The van der Waals surface area contributed by atoms with Crippen LogP contribution in [0.2, 0.25) is 0 Å². The normalized spacial score (nSPS) is 10.2. The molecule has 0 fully saturated rings. The predicted molar refractivity (Wildman–Crippen MR) is 72.3 cm³/mol. The van der Waals surface area contributed by atoms with E-state index in [1.807, 2.05) is 0 Å². The van der Waals surface area contributed by atoms with Gasteiger partial charge in [0.25, 0.3) is 5.69 Å². The predicted octanol–water partition coefficient (Wildman–Crippen LogP) is 2.54. The average molecular weight is 277 g/mol. The molecule has 0 aliphatic carbocycles. The molecule has 1 aromatic carbocycles. The molecule has 0 unspecified atom stereocenters. The molecular formula is C12H11N3O3S. The summed E-state index contributed by atoms with van der Waals surface area (Å²) < 4.78 is 0. The van der Waals surface area contributed by atoms with Crippen LogP contribution in [0.15, 0.2) is 29.1 Å². The van der Waals surface area contributed by atoms with Gasteiger partial charge in [-0.1, -0.05) is 6.07 Å². The molecule has 0 radical (unpaired) electrons. The maximum Gasteiger partial charge on any atom is 0.274 e. The smallest absolute Gasteiger partial charge is 0.274 e. The highest BCUT2D eigenvalue weighted by molar-refractivity contribution is 7.07. The van der Waals surface area contributed by atoms with Gasteiger partial charge >= 0.3 is 0 Å². The minimum absolute atomic E-state index is 0.00791. The van der Waals surface area contributed by atoms with Gasteiger partial charge in [-0.3, -0.25) is 14.9 Å². The fourth-order valence-electron chi connectivity index (χ4n) is 1.58. The molecule has 0 saturated carbocycles. The third-order valence-corrected chi connectivity index (χ3v) is 3.15. The van der Waals surface area contributed by atoms with Crippen LogP contribution in [0.4, 0.5) is 11.4 Å². The maximum atomic E-state index is 11.7. The fourth-order valence-corrected chi connectivity index (χ4v) is 2.14. The summed E-state index contributed by atoms with van der Waals surface area (Å²) in [5, 5.41) is 15.2. The number of carbonyl (C=O) groups is 1. The third kappa shape index (κ3) is 3.35. The van der Waals surface area contributed by atoms with Crippen LogP contribution >= 0.6 is 11.3 Å². The molecule has 2 rings (SSSR count). The lowest BCUT2D eigenvalue weighted by Gasteiger charge is -2.05. The quantitative estimate of drug-likeness (QED) is 0.687. The molecule has 19 heavy (non-hydrogen) atoms. The minimum atomic E-state index is -0.467. The van der Waals surface area contributed by atoms with Gasteiger partial charge in [0.05, 0.1) is 22.5 Å². The van der Waals surface area contributed by atoms with E-state index in [0.717, 1.165) is 0 Å². The number of hydrogen-bond acceptors (Lipinski definition) is 5. The second-order valence-electron chi connectivity index (χ2n) is 3.96. The van der Waals surface area contributed by atoms with Crippen LogP contribution in [0.1, 0.15) is 11.3 Å². The Kier molecular flexibility index (Phi) is 3.86. The zero-order chi connectivity index (χ0) is 13.8. The summed E-state index contributed by atoms with van der Waals surface area (Å²) in [4.78, 5) is 26.1. The monoisotopic (exact) mass is 277 g/mol. The van der Waals surface area contributed by atoms with E-state index >= 15 is 0 Å². The first kappa shape index (κ1) is 13.2. The van der Waals surface area contributed by atoms with Gasteiger partial charge in [0.2, 0.25) is 5.91 Å². The lowest BCUT2D eigenvalue weighted by atomic mass is 10.2. The lowest BCUT2D eigenvalue weighted by molar-refractivity contribution is -0.385. The molecule has 1 N–H and O–H groups in total. The van der Waals surface area contributed by atoms with E-state index in [4.69, 9.17) is 0 Å². The molecule has 0 spiro atoms. The molecule has 0 aliphatic heterocycles. The molecule has 7 heteroatoms. The average Bonchev–Trinajstić information content (AvgIpc) is 2.84. The van der Waals surface area contributed by atoms with Crippen molar-refractivity contribution in [1.82, 2.24) is 4.98 Å². The number of nitrogens with zero attached hydrogens (tertiary/aromatic N) is 2. The minimum Gasteiger partial charge on any atom is -0.325 e. The lowest BCUT2D eigenvalue weighted by Crippen LogP contribution is -2.14. The Hall–Kier alpha value is -2.28. The number of nitro groups is 1. The second kappa shape index (κ2) is 5.57. The van der Waals surface area contributed by atoms with Crippen molar-refractivity contribution in [2.45, 2.75) is 13.3 Å². The van der Waals surface area contributed by atoms with Crippen molar-refractivity contribution in [2.24, 2.45) is 0 Å². The molecule has 1 aromatic heterocycles. The number of aryl methyl sites for hydroxylation is 1. The van der Waals surface area contributed by atoms with Crippen molar-refractivity contribution in [2.75, 3.05) is 5.32 Å². The first-order valence-electron chi connectivity index (χ1n) is 5.48. The Morgan fingerprint density at radius 1 is 1.53 bits per heavy atom. The highest BCUT2D eigenvalue weighted by Crippen LogP contribution is 2.22. The number of rotatable bonds is 4. The van der Waals surface area contributed by atoms with E-state index in [-0.39, 0.29) is 18.0 Å². The van der Waals surface area contributed by atoms with E-state index in [0.29, 0.717) is 16.9 Å². The van der Waals surface area contributed by atoms with Crippen molar-refractivity contribution in [3.63, 3.8) is 0 Å². The highest BCUT2D eigenvalue weighted by Gasteiger charge is 2.12. The number of carbonyl (C=O) groups excluding carboxylic acids is 1. The number of anilines is 1. The van der Waals surface area contributed by atoms with Crippen LogP contribution in [-0.4, -0.2) is 15.8 Å². The van der Waals surface area contributed by atoms with Crippen molar-refractivity contribution < 1.29 is 9.72 Å². The Balaban J connectivity index is 2.09. The first-order valence-corrected chi connectivity index (χ1v) is 6.42. The van der Waals surface area contributed by atoms with Gasteiger partial charge in [0.15, 0.2) is 0 Å². The van der Waals surface area contributed by atoms with Gasteiger partial charge < -0.3 is 5.32 Å². The molecule has 1 heterocycles. The summed E-state index contributed by atoms with van der Waals surface area (Å²) in [6.07, 6.45) is 0.158. The zero-order valence-electron chi connectivity index (χ0n) is 10.1. The Morgan fingerprint density at radius 2 is 2.32 bits per heavy atom. The van der Waals surface area contributed by atoms with Crippen molar-refractivity contribution in [3.8, 4) is 0 Å². The molecule has 1 amide bonds. The highest BCUT2D eigenvalue weighted by atomic mass is 32.1. The Labute approximate surface area is 113 Å². The summed E-state index contributed by atoms with van der Waals surface area (Å²) in [5.41, 5.74) is 3.30. The van der Waals surface area contributed by atoms with Crippen LogP contribution in [0, 0.1) is 17.0 Å².